The van der Waals surface area contributed by atoms with E-state index in [-0.39, 0.29) is 37.4 Å². The highest BCUT2D eigenvalue weighted by molar-refractivity contribution is 6.56. The molecule has 0 aliphatic carbocycles. The zero-order chi connectivity index (χ0) is 17.3. The van der Waals surface area contributed by atoms with Crippen molar-refractivity contribution in [3.8, 4) is 17.0 Å². The van der Waals surface area contributed by atoms with Crippen molar-refractivity contribution in [2.75, 3.05) is 7.11 Å². The Hall–Kier alpha value is -0.910. The number of methoxy groups -OCH3 is 1. The van der Waals surface area contributed by atoms with Gasteiger partial charge >= 0.3 is 5.97 Å². The molecule has 0 spiro atoms. The maximum absolute atomic E-state index is 11.0. The molecular formula is C14H8Cl5NO3. The Balaban J connectivity index is 2.70. The lowest BCUT2D eigenvalue weighted by Gasteiger charge is -2.14. The molecule has 2 aromatic rings. The zero-order valence-corrected chi connectivity index (χ0v) is 15.2. The molecule has 1 heterocycles. The van der Waals surface area contributed by atoms with E-state index in [0.29, 0.717) is 16.7 Å². The van der Waals surface area contributed by atoms with Crippen molar-refractivity contribution in [3.63, 3.8) is 0 Å². The van der Waals surface area contributed by atoms with Gasteiger partial charge in [-0.2, -0.15) is 0 Å². The summed E-state index contributed by atoms with van der Waals surface area (Å²) in [7, 11) is 1.39. The number of pyridine rings is 1. The van der Waals surface area contributed by atoms with Gasteiger partial charge in [-0.3, -0.25) is 4.79 Å². The lowest BCUT2D eigenvalue weighted by atomic mass is 10.0. The Morgan fingerprint density at radius 2 is 1.61 bits per heavy atom. The van der Waals surface area contributed by atoms with Crippen molar-refractivity contribution in [1.29, 1.82) is 0 Å². The molecular weight excluding hydrogens is 407 g/mol. The summed E-state index contributed by atoms with van der Waals surface area (Å²) >= 11 is 30.5. The molecule has 23 heavy (non-hydrogen) atoms. The summed E-state index contributed by atoms with van der Waals surface area (Å²) in [6.07, 6.45) is 1.14. The predicted molar refractivity (Wildman–Crippen MR) is 92.6 cm³/mol. The number of aliphatic carboxylic acids is 1. The molecule has 0 fully saturated rings. The zero-order valence-electron chi connectivity index (χ0n) is 11.5. The minimum absolute atomic E-state index is 0.0410. The molecule has 0 saturated carbocycles. The number of ether oxygens (including phenoxy) is 1. The smallest absolute Gasteiger partial charge is 0.308 e. The second-order valence-electron chi connectivity index (χ2n) is 4.41. The van der Waals surface area contributed by atoms with Gasteiger partial charge in [-0.1, -0.05) is 58.0 Å². The first-order chi connectivity index (χ1) is 10.8. The average molecular weight is 415 g/mol. The molecule has 0 aliphatic rings. The molecule has 0 unspecified atom stereocenters. The normalized spacial score (nSPS) is 10.7. The highest BCUT2D eigenvalue weighted by atomic mass is 35.5. The standard InChI is InChI=1S/C14H8Cl5NO3/c1-23-14-5(3-7(21)22)2-6(4-20-14)8-9(15)11(17)13(19)12(18)10(8)16/h2,4H,3H2,1H3,(H,21,22). The van der Waals surface area contributed by atoms with Crippen LogP contribution < -0.4 is 4.74 Å². The number of hydrogen-bond donors (Lipinski definition) is 1. The predicted octanol–water partition coefficient (Wildman–Crippen LogP) is 5.65. The Kier molecular flexibility index (Phi) is 5.87. The fraction of sp³-hybridized carbons (Fsp3) is 0.143. The highest BCUT2D eigenvalue weighted by Crippen LogP contribution is 2.48. The van der Waals surface area contributed by atoms with Gasteiger partial charge in [0, 0.05) is 22.9 Å². The van der Waals surface area contributed by atoms with Gasteiger partial charge in [-0.05, 0) is 6.07 Å². The van der Waals surface area contributed by atoms with E-state index in [2.05, 4.69) is 4.98 Å². The van der Waals surface area contributed by atoms with Gasteiger partial charge in [0.2, 0.25) is 5.88 Å². The van der Waals surface area contributed by atoms with Gasteiger partial charge < -0.3 is 9.84 Å². The number of aromatic nitrogens is 1. The Bertz CT molecular complexity index is 765. The average Bonchev–Trinajstić information content (AvgIpc) is 2.51. The Morgan fingerprint density at radius 1 is 1.09 bits per heavy atom. The number of carboxylic acids is 1. The SMILES string of the molecule is COc1ncc(-c2c(Cl)c(Cl)c(Cl)c(Cl)c2Cl)cc1CC(=O)O. The molecule has 0 saturated heterocycles. The van der Waals surface area contributed by atoms with Crippen molar-refractivity contribution < 1.29 is 14.6 Å². The van der Waals surface area contributed by atoms with Crippen LogP contribution in [0, 0.1) is 0 Å². The lowest BCUT2D eigenvalue weighted by Crippen LogP contribution is -2.04. The number of rotatable bonds is 4. The first-order valence-corrected chi connectivity index (χ1v) is 7.93. The third-order valence-corrected chi connectivity index (χ3v) is 5.24. The highest BCUT2D eigenvalue weighted by Gasteiger charge is 2.22. The first kappa shape index (κ1) is 18.4. The molecule has 0 aliphatic heterocycles. The third-order valence-electron chi connectivity index (χ3n) is 2.96. The summed E-state index contributed by atoms with van der Waals surface area (Å²) in [5.41, 5.74) is 1.11. The third kappa shape index (κ3) is 3.62. The fourth-order valence-electron chi connectivity index (χ4n) is 1.97. The van der Waals surface area contributed by atoms with Gasteiger partial charge in [0.1, 0.15) is 0 Å². The molecule has 0 atom stereocenters. The molecule has 0 amide bonds. The number of halogens is 5. The fourth-order valence-corrected chi connectivity index (χ4v) is 3.32. The van der Waals surface area contributed by atoms with Crippen LogP contribution in [0.5, 0.6) is 5.88 Å². The van der Waals surface area contributed by atoms with Crippen LogP contribution in [0.25, 0.3) is 11.1 Å². The van der Waals surface area contributed by atoms with Crippen LogP contribution in [-0.4, -0.2) is 23.2 Å². The van der Waals surface area contributed by atoms with Gasteiger partial charge in [-0.15, -0.1) is 0 Å². The summed E-state index contributed by atoms with van der Waals surface area (Å²) in [6, 6.07) is 1.55. The number of hydrogen-bond acceptors (Lipinski definition) is 3. The molecule has 1 aromatic carbocycles. The van der Waals surface area contributed by atoms with Gasteiger partial charge in [0.15, 0.2) is 0 Å². The maximum atomic E-state index is 11.0. The van der Waals surface area contributed by atoms with Crippen molar-refractivity contribution in [2.24, 2.45) is 0 Å². The van der Waals surface area contributed by atoms with Crippen LogP contribution in [0.3, 0.4) is 0 Å². The van der Waals surface area contributed by atoms with E-state index in [1.54, 1.807) is 6.07 Å². The van der Waals surface area contributed by atoms with Crippen molar-refractivity contribution >= 4 is 64.0 Å². The lowest BCUT2D eigenvalue weighted by molar-refractivity contribution is -0.136. The van der Waals surface area contributed by atoms with E-state index in [9.17, 15) is 4.79 Å². The second-order valence-corrected chi connectivity index (χ2v) is 6.30. The number of nitrogens with zero attached hydrogens (tertiary/aromatic N) is 1. The molecule has 0 radical (unpaired) electrons. The topological polar surface area (TPSA) is 59.4 Å². The van der Waals surface area contributed by atoms with Gasteiger partial charge in [0.05, 0.1) is 38.6 Å². The molecule has 1 N–H and O–H groups in total. The molecule has 9 heteroatoms. The summed E-state index contributed by atoms with van der Waals surface area (Å²) < 4.78 is 5.05. The number of carbonyl (C=O) groups is 1. The largest absolute Gasteiger partial charge is 0.481 e. The first-order valence-electron chi connectivity index (χ1n) is 6.04. The Morgan fingerprint density at radius 3 is 2.09 bits per heavy atom. The quantitative estimate of drug-likeness (QED) is 0.518. The number of benzene rings is 1. The van der Waals surface area contributed by atoms with Gasteiger partial charge in [-0.25, -0.2) is 4.98 Å². The molecule has 1 aromatic heterocycles. The summed E-state index contributed by atoms with van der Waals surface area (Å²) in [6.45, 7) is 0. The van der Waals surface area contributed by atoms with E-state index in [1.165, 1.54) is 13.3 Å². The van der Waals surface area contributed by atoms with Crippen molar-refractivity contribution in [2.45, 2.75) is 6.42 Å². The molecule has 4 nitrogen and oxygen atoms in total. The van der Waals surface area contributed by atoms with Crippen LogP contribution in [-0.2, 0) is 11.2 Å². The summed E-state index contributed by atoms with van der Waals surface area (Å²) in [4.78, 5) is 15.0. The van der Waals surface area contributed by atoms with Crippen LogP contribution >= 0.6 is 58.0 Å². The number of carboxylic acid groups (broad SMARTS) is 1. The minimum Gasteiger partial charge on any atom is -0.481 e. The Labute approximate surface area is 156 Å². The summed E-state index contributed by atoms with van der Waals surface area (Å²) in [5.74, 6) is -0.846. The monoisotopic (exact) mass is 413 g/mol. The summed E-state index contributed by atoms with van der Waals surface area (Å²) in [5, 5.41) is 9.32. The van der Waals surface area contributed by atoms with E-state index in [1.807, 2.05) is 0 Å². The van der Waals surface area contributed by atoms with E-state index in [4.69, 9.17) is 67.8 Å². The van der Waals surface area contributed by atoms with Crippen molar-refractivity contribution in [3.05, 3.63) is 42.9 Å². The van der Waals surface area contributed by atoms with E-state index >= 15 is 0 Å². The van der Waals surface area contributed by atoms with E-state index < -0.39 is 5.97 Å². The van der Waals surface area contributed by atoms with Crippen LogP contribution in [0.2, 0.25) is 25.1 Å². The van der Waals surface area contributed by atoms with Crippen LogP contribution in [0.15, 0.2) is 12.3 Å². The van der Waals surface area contributed by atoms with Gasteiger partial charge in [0.25, 0.3) is 0 Å². The molecule has 2 rings (SSSR count). The molecule has 122 valence electrons. The van der Waals surface area contributed by atoms with Crippen LogP contribution in [0.1, 0.15) is 5.56 Å². The van der Waals surface area contributed by atoms with Crippen molar-refractivity contribution in [1.82, 2.24) is 4.98 Å². The second kappa shape index (κ2) is 7.32. The maximum Gasteiger partial charge on any atom is 0.308 e. The molecule has 0 bridgehead atoms. The van der Waals surface area contributed by atoms with E-state index in [0.717, 1.165) is 0 Å². The van der Waals surface area contributed by atoms with Crippen LogP contribution in [0.4, 0.5) is 0 Å². The minimum atomic E-state index is -1.04.